The van der Waals surface area contributed by atoms with Crippen molar-refractivity contribution in [1.82, 2.24) is 14.5 Å². The highest BCUT2D eigenvalue weighted by atomic mass is 16.6. The third kappa shape index (κ3) is 3.67. The molecule has 2 aromatic rings. The van der Waals surface area contributed by atoms with Gasteiger partial charge in [0, 0.05) is 17.6 Å². The van der Waals surface area contributed by atoms with Gasteiger partial charge in [0.15, 0.2) is 11.4 Å². The molecular formula is C21H25N5O4. The van der Waals surface area contributed by atoms with Gasteiger partial charge in [-0.25, -0.2) is 19.6 Å². The Labute approximate surface area is 173 Å². The lowest BCUT2D eigenvalue weighted by Gasteiger charge is -2.31. The molecule has 1 saturated carbocycles. The van der Waals surface area contributed by atoms with Crippen LogP contribution < -0.4 is 15.9 Å². The summed E-state index contributed by atoms with van der Waals surface area (Å²) >= 11 is 0. The van der Waals surface area contributed by atoms with E-state index in [-0.39, 0.29) is 18.8 Å². The fourth-order valence-corrected chi connectivity index (χ4v) is 3.99. The van der Waals surface area contributed by atoms with Gasteiger partial charge >= 0.3 is 11.9 Å². The Hall–Kier alpha value is -3.23. The molecule has 158 valence electrons. The maximum Gasteiger partial charge on any atom is 0.346 e. The number of nitrogens with one attached hydrogen (secondary N) is 1. The van der Waals surface area contributed by atoms with Crippen molar-refractivity contribution in [2.75, 3.05) is 18.5 Å². The van der Waals surface area contributed by atoms with Gasteiger partial charge in [0.1, 0.15) is 23.2 Å². The molecule has 1 spiro atoms. The summed E-state index contributed by atoms with van der Waals surface area (Å²) in [4.78, 5) is 39.2. The van der Waals surface area contributed by atoms with Crippen molar-refractivity contribution in [1.29, 1.82) is 0 Å². The van der Waals surface area contributed by atoms with Gasteiger partial charge in [-0.05, 0) is 45.6 Å². The van der Waals surface area contributed by atoms with Crippen LogP contribution in [0.25, 0.3) is 11.4 Å². The van der Waals surface area contributed by atoms with E-state index in [1.165, 1.54) is 6.42 Å². The van der Waals surface area contributed by atoms with Crippen LogP contribution in [0.2, 0.25) is 0 Å². The fraction of sp³-hybridized carbons (Fsp3) is 0.476. The standard InChI is InChI=1S/C21H25N5O4/c1-3-29-19(27)16(20(28)30-4-2)14-12-15(26-11-10-22-13-26)23-18-17(14)24-21(25-18)8-6-5-7-9-21/h10-13H,3-9H2,1-2H3,(H,23,25). The van der Waals surface area contributed by atoms with E-state index in [4.69, 9.17) is 19.5 Å². The van der Waals surface area contributed by atoms with Crippen LogP contribution in [0.15, 0.2) is 29.8 Å². The van der Waals surface area contributed by atoms with Crippen molar-refractivity contribution in [3.05, 3.63) is 35.4 Å². The highest BCUT2D eigenvalue weighted by Gasteiger charge is 2.37. The summed E-state index contributed by atoms with van der Waals surface area (Å²) in [7, 11) is 0. The minimum atomic E-state index is -0.735. The first kappa shape index (κ1) is 20.1. The van der Waals surface area contributed by atoms with Crippen LogP contribution in [-0.2, 0) is 19.1 Å². The van der Waals surface area contributed by atoms with Crippen LogP contribution in [0, 0.1) is 0 Å². The lowest BCUT2D eigenvalue weighted by Crippen LogP contribution is -2.36. The van der Waals surface area contributed by atoms with Gasteiger partial charge in [-0.1, -0.05) is 6.42 Å². The third-order valence-corrected chi connectivity index (χ3v) is 5.33. The molecule has 1 fully saturated rings. The SMILES string of the molecule is CCOC(=O)C(C(=O)OCC)=c1cc(-n2ccnc2)nc2c1=NC1(CCCCC1)N2. The van der Waals surface area contributed by atoms with E-state index in [0.717, 1.165) is 25.7 Å². The Morgan fingerprint density at radius 2 is 1.83 bits per heavy atom. The minimum absolute atomic E-state index is 0.142. The zero-order valence-electron chi connectivity index (χ0n) is 17.2. The Balaban J connectivity index is 2.00. The van der Waals surface area contributed by atoms with Crippen molar-refractivity contribution in [2.45, 2.75) is 51.6 Å². The molecule has 1 N–H and O–H groups in total. The number of nitrogens with zero attached hydrogens (tertiary/aromatic N) is 4. The number of anilines is 1. The zero-order valence-corrected chi connectivity index (χ0v) is 17.2. The number of pyridine rings is 1. The van der Waals surface area contributed by atoms with Crippen molar-refractivity contribution < 1.29 is 19.1 Å². The van der Waals surface area contributed by atoms with E-state index in [1.54, 1.807) is 43.2 Å². The molecule has 1 aliphatic heterocycles. The second kappa shape index (κ2) is 8.25. The molecule has 1 aliphatic carbocycles. The lowest BCUT2D eigenvalue weighted by atomic mass is 9.90. The quantitative estimate of drug-likeness (QED) is 0.583. The number of rotatable bonds is 5. The summed E-state index contributed by atoms with van der Waals surface area (Å²) in [6, 6.07) is 1.66. The van der Waals surface area contributed by atoms with Gasteiger partial charge in [-0.3, -0.25) is 9.56 Å². The average Bonchev–Trinajstić information content (AvgIpc) is 3.37. The van der Waals surface area contributed by atoms with E-state index in [0.29, 0.717) is 22.2 Å². The Bertz CT molecular complexity index is 1050. The van der Waals surface area contributed by atoms with Crippen molar-refractivity contribution in [3.63, 3.8) is 0 Å². The van der Waals surface area contributed by atoms with Gasteiger partial charge in [-0.15, -0.1) is 0 Å². The molecule has 0 radical (unpaired) electrons. The molecule has 9 heteroatoms. The van der Waals surface area contributed by atoms with Crippen molar-refractivity contribution in [3.8, 4) is 5.82 Å². The number of fused-ring (bicyclic) bond motifs is 1. The summed E-state index contributed by atoms with van der Waals surface area (Å²) in [6.45, 7) is 3.67. The number of imidazole rings is 1. The van der Waals surface area contributed by atoms with Crippen molar-refractivity contribution >= 4 is 23.3 Å². The highest BCUT2D eigenvalue weighted by Crippen LogP contribution is 2.33. The molecule has 0 amide bonds. The van der Waals surface area contributed by atoms with Crippen LogP contribution in [-0.4, -0.2) is 45.4 Å². The summed E-state index contributed by atoms with van der Waals surface area (Å²) in [5, 5.41) is 4.31. The third-order valence-electron chi connectivity index (χ3n) is 5.33. The van der Waals surface area contributed by atoms with Crippen LogP contribution >= 0.6 is 0 Å². The molecule has 0 bridgehead atoms. The predicted octanol–water partition coefficient (Wildman–Crippen LogP) is 1.25. The van der Waals surface area contributed by atoms with Crippen molar-refractivity contribution in [2.24, 2.45) is 4.99 Å². The fourth-order valence-electron chi connectivity index (χ4n) is 3.99. The Morgan fingerprint density at radius 3 is 2.43 bits per heavy atom. The maximum atomic E-state index is 12.8. The summed E-state index contributed by atoms with van der Waals surface area (Å²) in [6.07, 6.45) is 10.0. The van der Waals surface area contributed by atoms with Gasteiger partial charge in [-0.2, -0.15) is 0 Å². The summed E-state index contributed by atoms with van der Waals surface area (Å²) < 4.78 is 12.1. The van der Waals surface area contributed by atoms with Gasteiger partial charge in [0.2, 0.25) is 0 Å². The molecular weight excluding hydrogens is 386 g/mol. The molecule has 30 heavy (non-hydrogen) atoms. The normalized spacial score (nSPS) is 16.3. The van der Waals surface area contributed by atoms with Gasteiger partial charge in [0.25, 0.3) is 0 Å². The van der Waals surface area contributed by atoms with E-state index >= 15 is 0 Å². The number of hydrogen-bond acceptors (Lipinski definition) is 8. The van der Waals surface area contributed by atoms with Crippen LogP contribution in [0.4, 0.5) is 5.82 Å². The summed E-state index contributed by atoms with van der Waals surface area (Å²) in [5.74, 6) is -0.409. The highest BCUT2D eigenvalue weighted by molar-refractivity contribution is 6.36. The number of carbonyl (C=O) groups is 2. The molecule has 2 aliphatic rings. The van der Waals surface area contributed by atoms with E-state index in [1.807, 2.05) is 0 Å². The van der Waals surface area contributed by atoms with Gasteiger partial charge < -0.3 is 14.8 Å². The molecule has 0 aromatic carbocycles. The first-order valence-corrected chi connectivity index (χ1v) is 10.3. The molecule has 3 heterocycles. The average molecular weight is 411 g/mol. The molecule has 0 saturated heterocycles. The van der Waals surface area contributed by atoms with E-state index < -0.39 is 17.6 Å². The molecule has 2 aromatic heterocycles. The minimum Gasteiger partial charge on any atom is -0.462 e. The predicted molar refractivity (Wildman–Crippen MR) is 108 cm³/mol. The van der Waals surface area contributed by atoms with Crippen LogP contribution in [0.5, 0.6) is 0 Å². The largest absolute Gasteiger partial charge is 0.462 e. The number of aromatic nitrogens is 3. The topological polar surface area (TPSA) is 108 Å². The molecule has 4 rings (SSSR count). The number of esters is 2. The van der Waals surface area contributed by atoms with E-state index in [9.17, 15) is 9.59 Å². The Kier molecular flexibility index (Phi) is 5.52. The van der Waals surface area contributed by atoms with E-state index in [2.05, 4.69) is 10.3 Å². The molecule has 9 nitrogen and oxygen atoms in total. The van der Waals surface area contributed by atoms with Crippen LogP contribution in [0.1, 0.15) is 46.0 Å². The first-order valence-electron chi connectivity index (χ1n) is 10.3. The number of carbonyl (C=O) groups excluding carboxylic acids is 2. The Morgan fingerprint density at radius 1 is 1.13 bits per heavy atom. The molecule has 0 atom stereocenters. The second-order valence-corrected chi connectivity index (χ2v) is 7.34. The maximum absolute atomic E-state index is 12.8. The lowest BCUT2D eigenvalue weighted by molar-refractivity contribution is -0.142. The smallest absolute Gasteiger partial charge is 0.346 e. The summed E-state index contributed by atoms with van der Waals surface area (Å²) in [5.41, 5.74) is -0.623. The second-order valence-electron chi connectivity index (χ2n) is 7.34. The monoisotopic (exact) mass is 411 g/mol. The number of ether oxygens (including phenoxy) is 2. The number of hydrogen-bond donors (Lipinski definition) is 1. The zero-order chi connectivity index (χ0) is 21.1. The van der Waals surface area contributed by atoms with Crippen LogP contribution in [0.3, 0.4) is 0 Å². The molecule has 0 unspecified atom stereocenters. The first-order chi connectivity index (χ1) is 14.6. The van der Waals surface area contributed by atoms with Gasteiger partial charge in [0.05, 0.1) is 13.2 Å².